The number of rotatable bonds is 6. The second kappa shape index (κ2) is 5.30. The average molecular weight is 281 g/mol. The third kappa shape index (κ3) is 2.75. The molecule has 0 amide bonds. The number of aromatic nitrogens is 2. The van der Waals surface area contributed by atoms with E-state index in [1.807, 2.05) is 30.7 Å². The Labute approximate surface area is 126 Å². The second-order valence-corrected chi connectivity index (χ2v) is 6.70. The summed E-state index contributed by atoms with van der Waals surface area (Å²) in [6, 6.07) is 10.2. The van der Waals surface area contributed by atoms with Gasteiger partial charge in [-0.2, -0.15) is 0 Å². The van der Waals surface area contributed by atoms with Gasteiger partial charge in [-0.25, -0.2) is 4.98 Å². The summed E-state index contributed by atoms with van der Waals surface area (Å²) < 4.78 is 2.30. The molecular formula is C18H23N3. The van der Waals surface area contributed by atoms with Crippen LogP contribution in [0.5, 0.6) is 0 Å². The first kappa shape index (κ1) is 13.1. The molecule has 2 aliphatic rings. The van der Waals surface area contributed by atoms with E-state index in [1.54, 1.807) is 0 Å². The van der Waals surface area contributed by atoms with Gasteiger partial charge in [0.05, 0.1) is 24.3 Å². The predicted octanol–water partition coefficient (Wildman–Crippen LogP) is 3.37. The standard InChI is InChI=1S/C18H23N3/c19-18(15-4-2-1-3-5-15)17-10-20-12-21(17)11-16(13-6-7-13)14-8-9-14/h1-5,10,12-14,16,18H,6-9,11,19H2. The molecule has 2 N–H and O–H groups in total. The van der Waals surface area contributed by atoms with Gasteiger partial charge in [-0.15, -0.1) is 0 Å². The summed E-state index contributed by atoms with van der Waals surface area (Å²) in [7, 11) is 0. The van der Waals surface area contributed by atoms with Gasteiger partial charge in [0.1, 0.15) is 0 Å². The van der Waals surface area contributed by atoms with E-state index in [9.17, 15) is 0 Å². The summed E-state index contributed by atoms with van der Waals surface area (Å²) in [4.78, 5) is 4.36. The van der Waals surface area contributed by atoms with Crippen molar-refractivity contribution in [3.63, 3.8) is 0 Å². The first-order chi connectivity index (χ1) is 10.3. The maximum Gasteiger partial charge on any atom is 0.0948 e. The monoisotopic (exact) mass is 281 g/mol. The van der Waals surface area contributed by atoms with E-state index in [1.165, 1.54) is 25.7 Å². The maximum atomic E-state index is 6.46. The van der Waals surface area contributed by atoms with Gasteiger partial charge in [-0.05, 0) is 49.0 Å². The molecule has 2 fully saturated rings. The van der Waals surface area contributed by atoms with E-state index in [2.05, 4.69) is 21.7 Å². The quantitative estimate of drug-likeness (QED) is 0.882. The topological polar surface area (TPSA) is 43.8 Å². The Morgan fingerprint density at radius 2 is 1.76 bits per heavy atom. The summed E-state index contributed by atoms with van der Waals surface area (Å²) in [6.45, 7) is 1.10. The number of benzene rings is 1. The van der Waals surface area contributed by atoms with Crippen LogP contribution in [0.25, 0.3) is 0 Å². The van der Waals surface area contributed by atoms with E-state index in [-0.39, 0.29) is 6.04 Å². The van der Waals surface area contributed by atoms with Gasteiger partial charge in [0.25, 0.3) is 0 Å². The van der Waals surface area contributed by atoms with Gasteiger partial charge in [0.15, 0.2) is 0 Å². The van der Waals surface area contributed by atoms with Gasteiger partial charge in [-0.3, -0.25) is 0 Å². The molecule has 2 aromatic rings. The van der Waals surface area contributed by atoms with Crippen molar-refractivity contribution in [2.45, 2.75) is 38.3 Å². The third-order valence-electron chi connectivity index (χ3n) is 5.08. The van der Waals surface area contributed by atoms with Crippen molar-refractivity contribution in [1.29, 1.82) is 0 Å². The van der Waals surface area contributed by atoms with Crippen molar-refractivity contribution in [2.24, 2.45) is 23.5 Å². The Hall–Kier alpha value is -1.61. The van der Waals surface area contributed by atoms with Crippen molar-refractivity contribution >= 4 is 0 Å². The third-order valence-corrected chi connectivity index (χ3v) is 5.08. The van der Waals surface area contributed by atoms with E-state index >= 15 is 0 Å². The zero-order valence-electron chi connectivity index (χ0n) is 12.4. The molecule has 0 spiro atoms. The van der Waals surface area contributed by atoms with Gasteiger partial charge in [0.2, 0.25) is 0 Å². The molecule has 3 heteroatoms. The molecule has 1 aromatic carbocycles. The number of hydrogen-bond acceptors (Lipinski definition) is 2. The van der Waals surface area contributed by atoms with Gasteiger partial charge < -0.3 is 10.3 Å². The minimum Gasteiger partial charge on any atom is -0.333 e. The summed E-state index contributed by atoms with van der Waals surface area (Å²) >= 11 is 0. The van der Waals surface area contributed by atoms with E-state index in [0.29, 0.717) is 0 Å². The smallest absolute Gasteiger partial charge is 0.0948 e. The fraction of sp³-hybridized carbons (Fsp3) is 0.500. The Morgan fingerprint density at radius 3 is 2.38 bits per heavy atom. The fourth-order valence-electron chi connectivity index (χ4n) is 3.53. The van der Waals surface area contributed by atoms with Crippen LogP contribution in [0.2, 0.25) is 0 Å². The summed E-state index contributed by atoms with van der Waals surface area (Å²) in [5, 5.41) is 0. The zero-order chi connectivity index (χ0) is 14.2. The van der Waals surface area contributed by atoms with Crippen LogP contribution >= 0.6 is 0 Å². The van der Waals surface area contributed by atoms with Crippen molar-refractivity contribution in [1.82, 2.24) is 9.55 Å². The van der Waals surface area contributed by atoms with Crippen LogP contribution in [-0.2, 0) is 6.54 Å². The highest BCUT2D eigenvalue weighted by atomic mass is 15.1. The molecule has 0 bridgehead atoms. The minimum absolute atomic E-state index is 0.0762. The molecule has 2 saturated carbocycles. The van der Waals surface area contributed by atoms with Crippen molar-refractivity contribution in [2.75, 3.05) is 0 Å². The highest BCUT2D eigenvalue weighted by Gasteiger charge is 2.41. The van der Waals surface area contributed by atoms with Crippen molar-refractivity contribution in [3.8, 4) is 0 Å². The molecule has 1 aromatic heterocycles. The molecule has 4 rings (SSSR count). The lowest BCUT2D eigenvalue weighted by Gasteiger charge is -2.20. The molecular weight excluding hydrogens is 258 g/mol. The SMILES string of the molecule is NC(c1ccccc1)c1cncn1CC(C1CC1)C1CC1. The lowest BCUT2D eigenvalue weighted by molar-refractivity contribution is 0.343. The van der Waals surface area contributed by atoms with Gasteiger partial charge in [-0.1, -0.05) is 30.3 Å². The Bertz CT molecular complexity index is 584. The number of hydrogen-bond donors (Lipinski definition) is 1. The molecule has 0 saturated heterocycles. The van der Waals surface area contributed by atoms with Crippen LogP contribution < -0.4 is 5.73 Å². The maximum absolute atomic E-state index is 6.46. The van der Waals surface area contributed by atoms with E-state index in [0.717, 1.165) is 35.6 Å². The summed E-state index contributed by atoms with van der Waals surface area (Å²) in [6.07, 6.45) is 9.61. The largest absolute Gasteiger partial charge is 0.333 e. The van der Waals surface area contributed by atoms with Crippen molar-refractivity contribution < 1.29 is 0 Å². The number of nitrogens with zero attached hydrogens (tertiary/aromatic N) is 2. The van der Waals surface area contributed by atoms with Crippen LogP contribution in [0.15, 0.2) is 42.9 Å². The molecule has 2 aliphatic carbocycles. The zero-order valence-corrected chi connectivity index (χ0v) is 12.4. The number of nitrogens with two attached hydrogens (primary N) is 1. The first-order valence-corrected chi connectivity index (χ1v) is 8.13. The first-order valence-electron chi connectivity index (χ1n) is 8.13. The summed E-state index contributed by atoms with van der Waals surface area (Å²) in [5.74, 6) is 2.77. The Balaban J connectivity index is 1.55. The molecule has 3 nitrogen and oxygen atoms in total. The normalized spacial score (nSPS) is 19.9. The lowest BCUT2D eigenvalue weighted by atomic mass is 9.97. The Morgan fingerprint density at radius 1 is 1.10 bits per heavy atom. The molecule has 0 radical (unpaired) electrons. The predicted molar refractivity (Wildman–Crippen MR) is 83.6 cm³/mol. The van der Waals surface area contributed by atoms with E-state index < -0.39 is 0 Å². The molecule has 110 valence electrons. The molecule has 1 heterocycles. The fourth-order valence-corrected chi connectivity index (χ4v) is 3.53. The van der Waals surface area contributed by atoms with Crippen molar-refractivity contribution in [3.05, 3.63) is 54.1 Å². The van der Waals surface area contributed by atoms with Crippen LogP contribution in [0.4, 0.5) is 0 Å². The minimum atomic E-state index is -0.0762. The number of imidazole rings is 1. The molecule has 21 heavy (non-hydrogen) atoms. The molecule has 1 atom stereocenters. The second-order valence-electron chi connectivity index (χ2n) is 6.70. The lowest BCUT2D eigenvalue weighted by Crippen LogP contribution is -2.21. The van der Waals surface area contributed by atoms with Crippen LogP contribution in [-0.4, -0.2) is 9.55 Å². The van der Waals surface area contributed by atoms with Gasteiger partial charge in [0, 0.05) is 6.54 Å². The molecule has 1 unspecified atom stereocenters. The van der Waals surface area contributed by atoms with Crippen LogP contribution in [0.3, 0.4) is 0 Å². The van der Waals surface area contributed by atoms with Gasteiger partial charge >= 0.3 is 0 Å². The highest BCUT2D eigenvalue weighted by Crippen LogP contribution is 2.50. The highest BCUT2D eigenvalue weighted by molar-refractivity contribution is 5.26. The summed E-state index contributed by atoms with van der Waals surface area (Å²) in [5.41, 5.74) is 8.77. The Kier molecular flexibility index (Phi) is 3.30. The van der Waals surface area contributed by atoms with E-state index in [4.69, 9.17) is 5.73 Å². The average Bonchev–Trinajstić information content (AvgIpc) is 3.44. The van der Waals surface area contributed by atoms with Crippen LogP contribution in [0.1, 0.15) is 43.0 Å². The molecule has 0 aliphatic heterocycles. The van der Waals surface area contributed by atoms with Crippen LogP contribution in [0, 0.1) is 17.8 Å².